The van der Waals surface area contributed by atoms with E-state index in [-0.39, 0.29) is 5.91 Å². The Hall–Kier alpha value is -2.70. The highest BCUT2D eigenvalue weighted by molar-refractivity contribution is 5.84. The van der Waals surface area contributed by atoms with Gasteiger partial charge in [-0.25, -0.2) is 0 Å². The number of pyridine rings is 1. The number of fused-ring (bicyclic) bond motifs is 2. The quantitative estimate of drug-likeness (QED) is 0.691. The van der Waals surface area contributed by atoms with Crippen LogP contribution in [0.3, 0.4) is 0 Å². The van der Waals surface area contributed by atoms with Crippen molar-refractivity contribution in [3.05, 3.63) is 66.1 Å². The lowest BCUT2D eigenvalue weighted by atomic mass is 9.91. The molecule has 1 aromatic carbocycles. The molecule has 5 rings (SSSR count). The number of hydrogen-bond donors (Lipinski definition) is 1. The number of amides is 1. The van der Waals surface area contributed by atoms with Crippen molar-refractivity contribution >= 4 is 16.8 Å². The minimum atomic E-state index is 0.256. The third-order valence-corrected chi connectivity index (χ3v) is 6.76. The number of carbonyl (C=O) groups excluding carboxylic acids is 1. The summed E-state index contributed by atoms with van der Waals surface area (Å²) in [7, 11) is 0. The fraction of sp³-hybridized carbons (Fsp3) is 0.440. The lowest BCUT2D eigenvalue weighted by molar-refractivity contribution is -0.134. The molecule has 0 unspecified atom stereocenters. The first-order valence-corrected chi connectivity index (χ1v) is 11.3. The lowest BCUT2D eigenvalue weighted by Crippen LogP contribution is -2.52. The summed E-state index contributed by atoms with van der Waals surface area (Å²) in [5, 5.41) is 1.22. The van der Waals surface area contributed by atoms with Gasteiger partial charge in [0.15, 0.2) is 0 Å². The Balaban J connectivity index is 1.20. The van der Waals surface area contributed by atoms with Gasteiger partial charge in [0.25, 0.3) is 0 Å². The molecule has 0 radical (unpaired) electrons. The van der Waals surface area contributed by atoms with E-state index in [1.807, 2.05) is 30.7 Å². The number of nitrogens with zero attached hydrogens (tertiary/aromatic N) is 3. The van der Waals surface area contributed by atoms with E-state index >= 15 is 0 Å². The third kappa shape index (κ3) is 4.50. The van der Waals surface area contributed by atoms with E-state index in [9.17, 15) is 4.79 Å². The maximum atomic E-state index is 13.0. The SMILES string of the molecule is O=C(CCc1c[nH]c2ccccc12)N1CC[C@@H]2[C@@H](COCCN2Cc2cccnc2)C1. The number of H-pyrrole nitrogens is 1. The number of rotatable bonds is 5. The highest BCUT2D eigenvalue weighted by Gasteiger charge is 2.36. The van der Waals surface area contributed by atoms with Gasteiger partial charge in [0.05, 0.1) is 13.2 Å². The Kier molecular flexibility index (Phi) is 6.00. The van der Waals surface area contributed by atoms with Crippen LogP contribution in [0.15, 0.2) is 55.0 Å². The Bertz CT molecular complexity index is 1020. The molecule has 6 heteroatoms. The molecule has 2 fully saturated rings. The van der Waals surface area contributed by atoms with Gasteiger partial charge in [-0.3, -0.25) is 14.7 Å². The van der Waals surface area contributed by atoms with Crippen molar-refractivity contribution in [2.75, 3.05) is 32.8 Å². The largest absolute Gasteiger partial charge is 0.380 e. The second-order valence-corrected chi connectivity index (χ2v) is 8.72. The number of nitrogens with one attached hydrogen (secondary N) is 1. The summed E-state index contributed by atoms with van der Waals surface area (Å²) in [5.74, 6) is 0.622. The second kappa shape index (κ2) is 9.20. The van der Waals surface area contributed by atoms with Crippen molar-refractivity contribution in [2.45, 2.75) is 31.8 Å². The molecule has 3 aromatic rings. The predicted molar refractivity (Wildman–Crippen MR) is 121 cm³/mol. The van der Waals surface area contributed by atoms with E-state index < -0.39 is 0 Å². The third-order valence-electron chi connectivity index (χ3n) is 6.76. The van der Waals surface area contributed by atoms with Gasteiger partial charge >= 0.3 is 0 Å². The molecule has 31 heavy (non-hydrogen) atoms. The highest BCUT2D eigenvalue weighted by Crippen LogP contribution is 2.27. The van der Waals surface area contributed by atoms with Gasteiger partial charge < -0.3 is 14.6 Å². The number of aromatic nitrogens is 2. The van der Waals surface area contributed by atoms with E-state index in [4.69, 9.17) is 4.74 Å². The minimum absolute atomic E-state index is 0.256. The van der Waals surface area contributed by atoms with Crippen LogP contribution < -0.4 is 0 Å². The van der Waals surface area contributed by atoms with Crippen molar-refractivity contribution in [1.29, 1.82) is 0 Å². The average Bonchev–Trinajstić information content (AvgIpc) is 3.12. The van der Waals surface area contributed by atoms with Crippen LogP contribution in [0.5, 0.6) is 0 Å². The van der Waals surface area contributed by atoms with Crippen LogP contribution in [0.1, 0.15) is 24.0 Å². The van der Waals surface area contributed by atoms with Crippen LogP contribution in [0.25, 0.3) is 10.9 Å². The molecule has 0 spiro atoms. The van der Waals surface area contributed by atoms with E-state index in [0.717, 1.165) is 57.8 Å². The molecule has 4 heterocycles. The minimum Gasteiger partial charge on any atom is -0.380 e. The molecule has 2 saturated heterocycles. The molecule has 0 aliphatic carbocycles. The number of piperidine rings is 1. The molecule has 0 saturated carbocycles. The van der Waals surface area contributed by atoms with Gasteiger partial charge in [0.1, 0.15) is 0 Å². The summed E-state index contributed by atoms with van der Waals surface area (Å²) in [6.45, 7) is 4.94. The highest BCUT2D eigenvalue weighted by atomic mass is 16.5. The van der Waals surface area contributed by atoms with E-state index in [0.29, 0.717) is 18.4 Å². The van der Waals surface area contributed by atoms with Gasteiger partial charge in [-0.2, -0.15) is 0 Å². The Morgan fingerprint density at radius 2 is 2.13 bits per heavy atom. The maximum absolute atomic E-state index is 13.0. The van der Waals surface area contributed by atoms with Crippen molar-refractivity contribution < 1.29 is 9.53 Å². The van der Waals surface area contributed by atoms with Crippen molar-refractivity contribution in [3.8, 4) is 0 Å². The first-order chi connectivity index (χ1) is 15.3. The molecule has 1 amide bonds. The number of ether oxygens (including phenoxy) is 1. The average molecular weight is 419 g/mol. The summed E-state index contributed by atoms with van der Waals surface area (Å²) in [6, 6.07) is 12.9. The van der Waals surface area contributed by atoms with Crippen LogP contribution in [-0.2, 0) is 22.5 Å². The number of benzene rings is 1. The van der Waals surface area contributed by atoms with E-state index in [1.165, 1.54) is 16.5 Å². The van der Waals surface area contributed by atoms with E-state index in [1.54, 1.807) is 0 Å². The van der Waals surface area contributed by atoms with Crippen molar-refractivity contribution in [2.24, 2.45) is 5.92 Å². The Morgan fingerprint density at radius 1 is 1.19 bits per heavy atom. The summed E-state index contributed by atoms with van der Waals surface area (Å²) in [5.41, 5.74) is 3.59. The first kappa shape index (κ1) is 20.2. The molecular weight excluding hydrogens is 388 g/mol. The van der Waals surface area contributed by atoms with Crippen molar-refractivity contribution in [3.63, 3.8) is 0 Å². The van der Waals surface area contributed by atoms with E-state index in [2.05, 4.69) is 44.0 Å². The number of likely N-dealkylation sites (tertiary alicyclic amines) is 1. The molecule has 2 aromatic heterocycles. The summed E-state index contributed by atoms with van der Waals surface area (Å²) >= 11 is 0. The normalized spacial score (nSPS) is 22.3. The van der Waals surface area contributed by atoms with Gasteiger partial charge in [-0.05, 0) is 36.1 Å². The lowest BCUT2D eigenvalue weighted by Gasteiger charge is -2.42. The fourth-order valence-corrected chi connectivity index (χ4v) is 5.13. The number of para-hydroxylation sites is 1. The van der Waals surface area contributed by atoms with Crippen LogP contribution in [-0.4, -0.2) is 64.6 Å². The topological polar surface area (TPSA) is 61.5 Å². The zero-order valence-corrected chi connectivity index (χ0v) is 17.9. The molecule has 162 valence electrons. The van der Waals surface area contributed by atoms with Crippen LogP contribution in [0, 0.1) is 5.92 Å². The van der Waals surface area contributed by atoms with Gasteiger partial charge in [0, 0.05) is 74.1 Å². The number of carbonyl (C=O) groups is 1. The number of hydrogen-bond acceptors (Lipinski definition) is 4. The van der Waals surface area contributed by atoms with Crippen LogP contribution in [0.2, 0.25) is 0 Å². The molecule has 0 bridgehead atoms. The number of aromatic amines is 1. The molecule has 2 aliphatic rings. The second-order valence-electron chi connectivity index (χ2n) is 8.72. The Morgan fingerprint density at radius 3 is 3.03 bits per heavy atom. The summed E-state index contributed by atoms with van der Waals surface area (Å²) in [6.07, 6.45) is 8.14. The van der Waals surface area contributed by atoms with Crippen LogP contribution in [0.4, 0.5) is 0 Å². The molecule has 2 atom stereocenters. The monoisotopic (exact) mass is 418 g/mol. The zero-order chi connectivity index (χ0) is 21.0. The van der Waals surface area contributed by atoms with Crippen LogP contribution >= 0.6 is 0 Å². The maximum Gasteiger partial charge on any atom is 0.222 e. The molecule has 1 N–H and O–H groups in total. The fourth-order valence-electron chi connectivity index (χ4n) is 5.13. The molecule has 2 aliphatic heterocycles. The molecule has 6 nitrogen and oxygen atoms in total. The zero-order valence-electron chi connectivity index (χ0n) is 17.9. The van der Waals surface area contributed by atoms with Gasteiger partial charge in [0.2, 0.25) is 5.91 Å². The predicted octanol–water partition coefficient (Wildman–Crippen LogP) is 3.25. The molecular formula is C25H30N4O2. The smallest absolute Gasteiger partial charge is 0.222 e. The van der Waals surface area contributed by atoms with Gasteiger partial charge in [-0.15, -0.1) is 0 Å². The summed E-state index contributed by atoms with van der Waals surface area (Å²) in [4.78, 5) is 25.2. The van der Waals surface area contributed by atoms with Gasteiger partial charge in [-0.1, -0.05) is 24.3 Å². The standard InChI is InChI=1S/C25H30N4O2/c30-25(8-7-20-15-27-23-6-2-1-5-22(20)23)29-11-9-24-21(17-29)18-31-13-12-28(24)16-19-4-3-10-26-14-19/h1-6,10,14-15,21,24,27H,7-9,11-13,16-18H2/t21-,24-/m1/s1. The Labute approximate surface area is 183 Å². The first-order valence-electron chi connectivity index (χ1n) is 11.3. The van der Waals surface area contributed by atoms with Crippen molar-refractivity contribution in [1.82, 2.24) is 19.8 Å². The number of aryl methyl sites for hydroxylation is 1. The summed E-state index contributed by atoms with van der Waals surface area (Å²) < 4.78 is 5.93.